The molecule has 1 atom stereocenters. The Hall–Kier alpha value is -3.23. The topological polar surface area (TPSA) is 105 Å². The molecular formula is C21H21ClN6O2. The van der Waals surface area contributed by atoms with E-state index in [1.807, 2.05) is 19.1 Å². The molecule has 0 fully saturated rings. The third-order valence-corrected chi connectivity index (χ3v) is 5.06. The standard InChI is InChI=1S/C21H21ClN6O2/c1-13-18(20(30)25-16-4-2-10-23-12-16)19(14-6-8-15(22)9-7-14)28-21(24-13)26-17(27-28)5-3-11-29/h2,4,6-10,12,19,29H,3,5,11H2,1H3,(H,25,30)(H,24,26,27)/t19-/m1/s1. The van der Waals surface area contributed by atoms with Crippen LogP contribution in [0.5, 0.6) is 0 Å². The van der Waals surface area contributed by atoms with Crippen molar-refractivity contribution >= 4 is 29.1 Å². The molecule has 1 aliphatic heterocycles. The minimum atomic E-state index is -0.481. The minimum Gasteiger partial charge on any atom is -0.396 e. The van der Waals surface area contributed by atoms with Gasteiger partial charge in [-0.1, -0.05) is 23.7 Å². The third-order valence-electron chi connectivity index (χ3n) is 4.80. The van der Waals surface area contributed by atoms with Crippen molar-refractivity contribution in [3.05, 3.63) is 76.5 Å². The molecule has 1 aromatic carbocycles. The van der Waals surface area contributed by atoms with Crippen LogP contribution in [0.4, 0.5) is 11.6 Å². The molecule has 3 N–H and O–H groups in total. The quantitative estimate of drug-likeness (QED) is 0.561. The fourth-order valence-corrected chi connectivity index (χ4v) is 3.55. The number of halogens is 1. The first-order chi connectivity index (χ1) is 14.6. The molecule has 0 spiro atoms. The highest BCUT2D eigenvalue weighted by Crippen LogP contribution is 2.36. The fourth-order valence-electron chi connectivity index (χ4n) is 3.42. The first kappa shape index (κ1) is 20.1. The predicted molar refractivity (Wildman–Crippen MR) is 114 cm³/mol. The van der Waals surface area contributed by atoms with Crippen LogP contribution in [0.1, 0.15) is 30.8 Å². The molecule has 3 aromatic rings. The highest BCUT2D eigenvalue weighted by atomic mass is 35.5. The van der Waals surface area contributed by atoms with Gasteiger partial charge in [-0.05, 0) is 43.2 Å². The number of benzene rings is 1. The summed E-state index contributed by atoms with van der Waals surface area (Å²) in [6.07, 6.45) is 4.35. The highest BCUT2D eigenvalue weighted by molar-refractivity contribution is 6.30. The van der Waals surface area contributed by atoms with Gasteiger partial charge in [0, 0.05) is 29.9 Å². The molecule has 1 amide bonds. The summed E-state index contributed by atoms with van der Waals surface area (Å²) in [5, 5.41) is 20.4. The smallest absolute Gasteiger partial charge is 0.255 e. The van der Waals surface area contributed by atoms with E-state index in [1.165, 1.54) is 0 Å². The molecule has 30 heavy (non-hydrogen) atoms. The van der Waals surface area contributed by atoms with Crippen molar-refractivity contribution in [1.29, 1.82) is 0 Å². The average molecular weight is 425 g/mol. The number of allylic oxidation sites excluding steroid dienone is 1. The van der Waals surface area contributed by atoms with Crippen LogP contribution in [0.3, 0.4) is 0 Å². The lowest BCUT2D eigenvalue weighted by Gasteiger charge is -2.28. The molecular weight excluding hydrogens is 404 g/mol. The summed E-state index contributed by atoms with van der Waals surface area (Å²) in [7, 11) is 0. The number of aryl methyl sites for hydroxylation is 1. The Kier molecular flexibility index (Phi) is 5.78. The molecule has 2 aromatic heterocycles. The van der Waals surface area contributed by atoms with Gasteiger partial charge in [-0.2, -0.15) is 10.1 Å². The Bertz CT molecular complexity index is 1080. The Balaban J connectivity index is 1.75. The Labute approximate surface area is 178 Å². The van der Waals surface area contributed by atoms with Crippen LogP contribution in [0, 0.1) is 0 Å². The van der Waals surface area contributed by atoms with Crippen LogP contribution in [0.15, 0.2) is 60.1 Å². The van der Waals surface area contributed by atoms with E-state index in [-0.39, 0.29) is 12.5 Å². The van der Waals surface area contributed by atoms with Crippen molar-refractivity contribution < 1.29 is 9.90 Å². The summed E-state index contributed by atoms with van der Waals surface area (Å²) in [4.78, 5) is 21.8. The van der Waals surface area contributed by atoms with Gasteiger partial charge < -0.3 is 15.7 Å². The number of fused-ring (bicyclic) bond motifs is 1. The molecule has 3 heterocycles. The molecule has 8 nitrogen and oxygen atoms in total. The van der Waals surface area contributed by atoms with Gasteiger partial charge in [-0.15, -0.1) is 0 Å². The average Bonchev–Trinajstić information content (AvgIpc) is 3.15. The lowest BCUT2D eigenvalue weighted by molar-refractivity contribution is -0.113. The number of aliphatic hydroxyl groups excluding tert-OH is 1. The number of aromatic nitrogens is 4. The maximum Gasteiger partial charge on any atom is 0.255 e. The molecule has 0 aliphatic carbocycles. The van der Waals surface area contributed by atoms with Crippen LogP contribution in [0.25, 0.3) is 0 Å². The number of hydrogen-bond donors (Lipinski definition) is 3. The summed E-state index contributed by atoms with van der Waals surface area (Å²) >= 11 is 6.08. The van der Waals surface area contributed by atoms with Crippen molar-refractivity contribution in [1.82, 2.24) is 19.7 Å². The van der Waals surface area contributed by atoms with Gasteiger partial charge in [-0.25, -0.2) is 4.68 Å². The van der Waals surface area contributed by atoms with Gasteiger partial charge >= 0.3 is 0 Å². The van der Waals surface area contributed by atoms with Crippen molar-refractivity contribution in [2.24, 2.45) is 0 Å². The zero-order chi connectivity index (χ0) is 21.1. The molecule has 0 unspecified atom stereocenters. The van der Waals surface area contributed by atoms with Gasteiger partial charge in [0.25, 0.3) is 5.91 Å². The first-order valence-electron chi connectivity index (χ1n) is 9.57. The van der Waals surface area contributed by atoms with Crippen molar-refractivity contribution in [3.63, 3.8) is 0 Å². The van der Waals surface area contributed by atoms with Crippen molar-refractivity contribution in [2.75, 3.05) is 17.2 Å². The fraction of sp³-hybridized carbons (Fsp3) is 0.238. The van der Waals surface area contributed by atoms with Gasteiger partial charge in [-0.3, -0.25) is 9.78 Å². The molecule has 154 valence electrons. The lowest BCUT2D eigenvalue weighted by Crippen LogP contribution is -2.31. The second kappa shape index (κ2) is 8.64. The van der Waals surface area contributed by atoms with Gasteiger partial charge in [0.05, 0.1) is 17.5 Å². The molecule has 0 bridgehead atoms. The number of nitrogens with zero attached hydrogens (tertiary/aromatic N) is 4. The van der Waals surface area contributed by atoms with E-state index >= 15 is 0 Å². The van der Waals surface area contributed by atoms with Gasteiger partial charge in [0.15, 0.2) is 5.82 Å². The molecule has 0 radical (unpaired) electrons. The van der Waals surface area contributed by atoms with E-state index in [4.69, 9.17) is 16.7 Å². The zero-order valence-corrected chi connectivity index (χ0v) is 17.1. The molecule has 0 saturated carbocycles. The van der Waals surface area contributed by atoms with Crippen LogP contribution in [-0.4, -0.2) is 37.4 Å². The Morgan fingerprint density at radius 2 is 2.10 bits per heavy atom. The van der Waals surface area contributed by atoms with E-state index in [9.17, 15) is 4.79 Å². The summed E-state index contributed by atoms with van der Waals surface area (Å²) in [6, 6.07) is 10.4. The third kappa shape index (κ3) is 4.05. The summed E-state index contributed by atoms with van der Waals surface area (Å²) in [6.45, 7) is 1.90. The van der Waals surface area contributed by atoms with E-state index in [2.05, 4.69) is 25.7 Å². The van der Waals surface area contributed by atoms with Crippen LogP contribution >= 0.6 is 11.6 Å². The van der Waals surface area contributed by atoms with Crippen molar-refractivity contribution in [3.8, 4) is 0 Å². The Morgan fingerprint density at radius 1 is 1.30 bits per heavy atom. The monoisotopic (exact) mass is 424 g/mol. The lowest BCUT2D eigenvalue weighted by atomic mass is 9.95. The summed E-state index contributed by atoms with van der Waals surface area (Å²) in [5.74, 6) is 0.900. The number of nitrogens with one attached hydrogen (secondary N) is 2. The number of aliphatic hydroxyl groups is 1. The zero-order valence-electron chi connectivity index (χ0n) is 16.3. The van der Waals surface area contributed by atoms with Crippen molar-refractivity contribution in [2.45, 2.75) is 25.8 Å². The molecule has 9 heteroatoms. The summed E-state index contributed by atoms with van der Waals surface area (Å²) in [5.41, 5.74) is 2.67. The Morgan fingerprint density at radius 3 is 2.80 bits per heavy atom. The number of amides is 1. The SMILES string of the molecule is CC1=C(C(=O)Nc2cccnc2)[C@@H](c2ccc(Cl)cc2)n2nc(CCCO)nc2N1. The van der Waals surface area contributed by atoms with E-state index in [0.717, 1.165) is 5.56 Å². The number of anilines is 2. The largest absolute Gasteiger partial charge is 0.396 e. The molecule has 0 saturated heterocycles. The number of pyridine rings is 1. The van der Waals surface area contributed by atoms with Crippen LogP contribution in [-0.2, 0) is 11.2 Å². The maximum absolute atomic E-state index is 13.3. The van der Waals surface area contributed by atoms with Crippen LogP contribution < -0.4 is 10.6 Å². The van der Waals surface area contributed by atoms with E-state index < -0.39 is 6.04 Å². The minimum absolute atomic E-state index is 0.0635. The second-order valence-corrected chi connectivity index (χ2v) is 7.37. The summed E-state index contributed by atoms with van der Waals surface area (Å²) < 4.78 is 1.71. The van der Waals surface area contributed by atoms with E-state index in [1.54, 1.807) is 41.3 Å². The number of hydrogen-bond acceptors (Lipinski definition) is 6. The molecule has 1 aliphatic rings. The highest BCUT2D eigenvalue weighted by Gasteiger charge is 2.34. The number of rotatable bonds is 6. The number of carbonyl (C=O) groups excluding carboxylic acids is 1. The van der Waals surface area contributed by atoms with Gasteiger partial charge in [0.1, 0.15) is 6.04 Å². The molecule has 4 rings (SSSR count). The maximum atomic E-state index is 13.3. The number of carbonyl (C=O) groups is 1. The normalized spacial score (nSPS) is 15.5. The predicted octanol–water partition coefficient (Wildman–Crippen LogP) is 3.18. The second-order valence-electron chi connectivity index (χ2n) is 6.94. The van der Waals surface area contributed by atoms with E-state index in [0.29, 0.717) is 46.6 Å². The first-order valence-corrected chi connectivity index (χ1v) is 9.95. The van der Waals surface area contributed by atoms with Crippen LogP contribution in [0.2, 0.25) is 5.02 Å². The van der Waals surface area contributed by atoms with Gasteiger partial charge in [0.2, 0.25) is 5.95 Å².